The monoisotopic (exact) mass is 464 g/mol. The van der Waals surface area contributed by atoms with Crippen LogP contribution in [0.25, 0.3) is 11.0 Å². The maximum absolute atomic E-state index is 12.5. The van der Waals surface area contributed by atoms with Gasteiger partial charge in [-0.2, -0.15) is 0 Å². The molecule has 33 heavy (non-hydrogen) atoms. The summed E-state index contributed by atoms with van der Waals surface area (Å²) in [6.07, 6.45) is 1.79. The van der Waals surface area contributed by atoms with Crippen molar-refractivity contribution in [3.63, 3.8) is 0 Å². The van der Waals surface area contributed by atoms with Gasteiger partial charge < -0.3 is 14.5 Å². The van der Waals surface area contributed by atoms with Crippen LogP contribution in [-0.2, 0) is 5.75 Å². The van der Waals surface area contributed by atoms with Crippen molar-refractivity contribution in [2.45, 2.75) is 24.8 Å². The molecule has 0 unspecified atom stereocenters. The fourth-order valence-corrected chi connectivity index (χ4v) is 4.32. The molecule has 0 aliphatic rings. The van der Waals surface area contributed by atoms with Crippen LogP contribution in [0.2, 0.25) is 0 Å². The number of para-hydroxylation sites is 1. The largest absolute Gasteiger partial charge is 0.496 e. The molecule has 0 aliphatic carbocycles. The first-order valence-electron chi connectivity index (χ1n) is 9.94. The number of aromatic amines is 1. The number of H-pyrrole nitrogens is 1. The highest BCUT2D eigenvalue weighted by atomic mass is 32.2. The molecule has 0 bridgehead atoms. The predicted octanol–water partition coefficient (Wildman–Crippen LogP) is 5.00. The van der Waals surface area contributed by atoms with E-state index in [0.717, 1.165) is 28.1 Å². The number of hydrogen-bond acceptors (Lipinski definition) is 8. The zero-order valence-corrected chi connectivity index (χ0v) is 18.9. The minimum absolute atomic E-state index is 0.114. The normalized spacial score (nSPS) is 10.9. The number of fused-ring (bicyclic) bond motifs is 1. The number of nitro groups is 1. The van der Waals surface area contributed by atoms with E-state index in [9.17, 15) is 14.9 Å². The Bertz CT molecular complexity index is 1370. The summed E-state index contributed by atoms with van der Waals surface area (Å²) >= 11 is 1.49. The first kappa shape index (κ1) is 22.3. The van der Waals surface area contributed by atoms with Crippen LogP contribution in [0, 0.1) is 24.0 Å². The van der Waals surface area contributed by atoms with Crippen LogP contribution in [0.3, 0.4) is 0 Å². The Morgan fingerprint density at radius 2 is 2.00 bits per heavy atom. The lowest BCUT2D eigenvalue weighted by atomic mass is 10.1. The third kappa shape index (κ3) is 4.65. The van der Waals surface area contributed by atoms with Crippen LogP contribution in [0.4, 0.5) is 5.69 Å². The number of nitrogens with zero attached hydrogens (tertiary/aromatic N) is 3. The molecule has 0 saturated carbocycles. The molecule has 10 heteroatoms. The van der Waals surface area contributed by atoms with Crippen LogP contribution in [0.15, 0.2) is 53.8 Å². The number of nitrogens with one attached hydrogen (secondary N) is 1. The molecule has 0 spiro atoms. The van der Waals surface area contributed by atoms with Gasteiger partial charge in [0.2, 0.25) is 0 Å². The lowest BCUT2D eigenvalue weighted by Gasteiger charge is -2.11. The minimum Gasteiger partial charge on any atom is -0.496 e. The predicted molar refractivity (Wildman–Crippen MR) is 124 cm³/mol. The number of nitro benzene ring substituents is 1. The molecular formula is C23H20N4O5S. The van der Waals surface area contributed by atoms with Gasteiger partial charge >= 0.3 is 5.97 Å². The summed E-state index contributed by atoms with van der Waals surface area (Å²) in [6, 6.07) is 10.6. The molecule has 1 N–H and O–H groups in total. The number of carbonyl (C=O) groups is 1. The summed E-state index contributed by atoms with van der Waals surface area (Å²) in [6.45, 7) is 3.93. The Morgan fingerprint density at radius 3 is 2.76 bits per heavy atom. The van der Waals surface area contributed by atoms with E-state index in [1.807, 2.05) is 13.8 Å². The van der Waals surface area contributed by atoms with Crippen molar-refractivity contribution >= 4 is 34.5 Å². The summed E-state index contributed by atoms with van der Waals surface area (Å²) in [7, 11) is 1.64. The topological polar surface area (TPSA) is 120 Å². The molecule has 2 heterocycles. The van der Waals surface area contributed by atoms with E-state index in [0.29, 0.717) is 16.4 Å². The van der Waals surface area contributed by atoms with Gasteiger partial charge in [-0.25, -0.2) is 9.78 Å². The first-order valence-corrected chi connectivity index (χ1v) is 10.9. The van der Waals surface area contributed by atoms with E-state index in [1.165, 1.54) is 30.0 Å². The third-order valence-electron chi connectivity index (χ3n) is 5.06. The number of ether oxygens (including phenoxy) is 2. The second kappa shape index (κ2) is 9.29. The highest BCUT2D eigenvalue weighted by molar-refractivity contribution is 7.98. The van der Waals surface area contributed by atoms with Gasteiger partial charge in [0.1, 0.15) is 17.1 Å². The molecule has 4 rings (SSSR count). The summed E-state index contributed by atoms with van der Waals surface area (Å²) in [5.74, 6) is 0.869. The summed E-state index contributed by atoms with van der Waals surface area (Å²) < 4.78 is 10.8. The van der Waals surface area contributed by atoms with Gasteiger partial charge in [-0.3, -0.25) is 15.1 Å². The molecule has 0 fully saturated rings. The molecule has 0 aliphatic heterocycles. The van der Waals surface area contributed by atoms with E-state index >= 15 is 0 Å². The maximum atomic E-state index is 12.5. The van der Waals surface area contributed by atoms with Crippen molar-refractivity contribution in [1.82, 2.24) is 15.0 Å². The number of carbonyl (C=O) groups excluding carboxylic acids is 1. The van der Waals surface area contributed by atoms with E-state index < -0.39 is 10.9 Å². The third-order valence-corrected chi connectivity index (χ3v) is 5.94. The van der Waals surface area contributed by atoms with Crippen molar-refractivity contribution in [2.24, 2.45) is 0 Å². The average molecular weight is 465 g/mol. The van der Waals surface area contributed by atoms with E-state index in [4.69, 9.17) is 9.47 Å². The standard InChI is InChI=1S/C23H20N4O5S/c1-13-11-24-19(14(2)21(13)31-3)12-33-23-25-17-9-8-15(10-18(17)26-23)32-22(28)16-6-4-5-7-20(16)27(29)30/h4-11H,12H2,1-3H3,(H,25,26). The number of pyridine rings is 1. The Morgan fingerprint density at radius 1 is 1.21 bits per heavy atom. The molecule has 4 aromatic rings. The maximum Gasteiger partial charge on any atom is 0.350 e. The average Bonchev–Trinajstić information content (AvgIpc) is 3.21. The number of aromatic nitrogens is 3. The number of thioether (sulfide) groups is 1. The highest BCUT2D eigenvalue weighted by Gasteiger charge is 2.21. The second-order valence-corrected chi connectivity index (χ2v) is 8.18. The number of rotatable bonds is 7. The Kier molecular flexibility index (Phi) is 6.27. The fourth-order valence-electron chi connectivity index (χ4n) is 3.41. The van der Waals surface area contributed by atoms with Crippen molar-refractivity contribution in [2.75, 3.05) is 7.11 Å². The van der Waals surface area contributed by atoms with E-state index in [1.54, 1.807) is 37.6 Å². The summed E-state index contributed by atoms with van der Waals surface area (Å²) in [5, 5.41) is 11.9. The van der Waals surface area contributed by atoms with Gasteiger partial charge in [-0.1, -0.05) is 23.9 Å². The van der Waals surface area contributed by atoms with Gasteiger partial charge in [0.25, 0.3) is 5.69 Å². The molecule has 0 radical (unpaired) electrons. The van der Waals surface area contributed by atoms with Crippen LogP contribution >= 0.6 is 11.8 Å². The fraction of sp³-hybridized carbons (Fsp3) is 0.174. The molecule has 9 nitrogen and oxygen atoms in total. The van der Waals surface area contributed by atoms with Crippen LogP contribution in [-0.4, -0.2) is 33.0 Å². The number of benzene rings is 2. The number of imidazole rings is 1. The van der Waals surface area contributed by atoms with Gasteiger partial charge in [-0.15, -0.1) is 0 Å². The zero-order chi connectivity index (χ0) is 23.5. The molecule has 0 atom stereocenters. The van der Waals surface area contributed by atoms with Gasteiger partial charge in [-0.05, 0) is 32.0 Å². The Balaban J connectivity index is 1.50. The van der Waals surface area contributed by atoms with Gasteiger partial charge in [0.15, 0.2) is 5.16 Å². The second-order valence-electron chi connectivity index (χ2n) is 7.22. The van der Waals surface area contributed by atoms with Crippen LogP contribution in [0.1, 0.15) is 27.2 Å². The summed E-state index contributed by atoms with van der Waals surface area (Å²) in [5.41, 5.74) is 3.84. The lowest BCUT2D eigenvalue weighted by Crippen LogP contribution is -2.10. The smallest absolute Gasteiger partial charge is 0.350 e. The van der Waals surface area contributed by atoms with Crippen molar-refractivity contribution in [3.8, 4) is 11.5 Å². The van der Waals surface area contributed by atoms with Crippen molar-refractivity contribution in [3.05, 3.63) is 81.2 Å². The minimum atomic E-state index is -0.804. The van der Waals surface area contributed by atoms with Crippen molar-refractivity contribution < 1.29 is 19.2 Å². The molecular weight excluding hydrogens is 444 g/mol. The molecule has 2 aromatic carbocycles. The zero-order valence-electron chi connectivity index (χ0n) is 18.1. The Hall–Kier alpha value is -3.92. The first-order chi connectivity index (χ1) is 15.9. The number of esters is 1. The SMILES string of the molecule is COc1c(C)cnc(CSc2nc3cc(OC(=O)c4ccccc4[N+](=O)[O-])ccc3[nH]2)c1C. The molecule has 2 aromatic heterocycles. The van der Waals surface area contributed by atoms with E-state index in [-0.39, 0.29) is 17.0 Å². The highest BCUT2D eigenvalue weighted by Crippen LogP contribution is 2.30. The number of methoxy groups -OCH3 is 1. The molecule has 0 saturated heterocycles. The Labute approximate surface area is 193 Å². The van der Waals surface area contributed by atoms with E-state index in [2.05, 4.69) is 15.0 Å². The van der Waals surface area contributed by atoms with Gasteiger partial charge in [0.05, 0.1) is 28.8 Å². The summed E-state index contributed by atoms with van der Waals surface area (Å²) in [4.78, 5) is 35.3. The number of hydrogen-bond donors (Lipinski definition) is 1. The van der Waals surface area contributed by atoms with Crippen LogP contribution < -0.4 is 9.47 Å². The number of aryl methyl sites for hydroxylation is 1. The van der Waals surface area contributed by atoms with Crippen LogP contribution in [0.5, 0.6) is 11.5 Å². The van der Waals surface area contributed by atoms with Crippen molar-refractivity contribution in [1.29, 1.82) is 0 Å². The quantitative estimate of drug-likeness (QED) is 0.133. The molecule has 168 valence electrons. The van der Waals surface area contributed by atoms with Gasteiger partial charge in [0, 0.05) is 35.2 Å². The lowest BCUT2D eigenvalue weighted by molar-refractivity contribution is -0.385. The molecule has 0 amide bonds.